The van der Waals surface area contributed by atoms with Gasteiger partial charge in [-0.1, -0.05) is 48.0 Å². The Morgan fingerprint density at radius 2 is 2.04 bits per heavy atom. The smallest absolute Gasteiger partial charge is 0.244 e. The van der Waals surface area contributed by atoms with Gasteiger partial charge in [-0.05, 0) is 31.0 Å². The van der Waals surface area contributed by atoms with Crippen LogP contribution in [0.4, 0.5) is 0 Å². The van der Waals surface area contributed by atoms with Crippen molar-refractivity contribution in [1.29, 1.82) is 0 Å². The minimum atomic E-state index is -0.121. The molecule has 1 heterocycles. The summed E-state index contributed by atoms with van der Waals surface area (Å²) < 4.78 is 2.11. The molecule has 1 aromatic heterocycles. The lowest BCUT2D eigenvalue weighted by Gasteiger charge is -2.05. The third-order valence-electron chi connectivity index (χ3n) is 4.39. The molecule has 0 saturated heterocycles. The molecule has 0 aliphatic heterocycles. The van der Waals surface area contributed by atoms with Gasteiger partial charge in [0.1, 0.15) is 0 Å². The predicted octanol–water partition coefficient (Wildman–Crippen LogP) is 4.14. The molecule has 0 bridgehead atoms. The molecule has 0 saturated carbocycles. The maximum atomic E-state index is 12.2. The molecule has 2 aromatic carbocycles. The first kappa shape index (κ1) is 17.7. The highest BCUT2D eigenvalue weighted by Gasteiger charge is 2.07. The van der Waals surface area contributed by atoms with Gasteiger partial charge >= 0.3 is 0 Å². The Kier molecular flexibility index (Phi) is 5.32. The van der Waals surface area contributed by atoms with Crippen molar-refractivity contribution in [1.82, 2.24) is 9.99 Å². The minimum Gasteiger partial charge on any atom is -0.343 e. The van der Waals surface area contributed by atoms with Crippen LogP contribution in [0, 0.1) is 13.8 Å². The number of allylic oxidation sites excluding steroid dienone is 1. The van der Waals surface area contributed by atoms with E-state index in [2.05, 4.69) is 27.7 Å². The van der Waals surface area contributed by atoms with Crippen LogP contribution < -0.4 is 5.43 Å². The van der Waals surface area contributed by atoms with E-state index in [9.17, 15) is 4.79 Å². The fraction of sp³-hybridized carbons (Fsp3) is 0.182. The Morgan fingerprint density at radius 1 is 1.23 bits per heavy atom. The number of nitrogens with one attached hydrogen (secondary N) is 1. The van der Waals surface area contributed by atoms with Crippen molar-refractivity contribution in [2.45, 2.75) is 26.8 Å². The van der Waals surface area contributed by atoms with Gasteiger partial charge in [-0.3, -0.25) is 4.79 Å². The number of carbonyl (C=O) groups is 1. The van der Waals surface area contributed by atoms with Gasteiger partial charge in [0.05, 0.1) is 12.6 Å². The summed E-state index contributed by atoms with van der Waals surface area (Å²) in [5.41, 5.74) is 8.01. The zero-order chi connectivity index (χ0) is 18.5. The van der Waals surface area contributed by atoms with Crippen molar-refractivity contribution in [3.8, 4) is 0 Å². The highest BCUT2D eigenvalue weighted by molar-refractivity contribution is 5.99. The molecule has 4 nitrogen and oxygen atoms in total. The van der Waals surface area contributed by atoms with Gasteiger partial charge in [0.2, 0.25) is 5.91 Å². The van der Waals surface area contributed by atoms with E-state index in [1.165, 1.54) is 0 Å². The molecule has 0 atom stereocenters. The van der Waals surface area contributed by atoms with E-state index in [0.717, 1.165) is 39.7 Å². The van der Waals surface area contributed by atoms with E-state index in [4.69, 9.17) is 0 Å². The maximum Gasteiger partial charge on any atom is 0.244 e. The predicted molar refractivity (Wildman–Crippen MR) is 107 cm³/mol. The second kappa shape index (κ2) is 7.83. The first-order chi connectivity index (χ1) is 12.6. The summed E-state index contributed by atoms with van der Waals surface area (Å²) in [4.78, 5) is 12.2. The van der Waals surface area contributed by atoms with E-state index in [1.807, 2.05) is 62.5 Å². The number of hydrazone groups is 1. The van der Waals surface area contributed by atoms with Gasteiger partial charge in [-0.2, -0.15) is 5.10 Å². The van der Waals surface area contributed by atoms with Crippen LogP contribution in [-0.2, 0) is 17.8 Å². The number of benzene rings is 2. The fourth-order valence-corrected chi connectivity index (χ4v) is 3.05. The Morgan fingerprint density at radius 3 is 2.85 bits per heavy atom. The van der Waals surface area contributed by atoms with Gasteiger partial charge in [0.15, 0.2) is 0 Å². The van der Waals surface area contributed by atoms with Crippen LogP contribution in [0.15, 0.2) is 66.4 Å². The number of carbonyl (C=O) groups excluding carboxylic acids is 1. The number of aryl methyl sites for hydroxylation is 2. The molecule has 1 N–H and O–H groups in total. The molecule has 132 valence electrons. The average Bonchev–Trinajstić information content (AvgIpc) is 2.97. The number of hydrogen-bond donors (Lipinski definition) is 1. The number of fused-ring (bicyclic) bond motifs is 1. The number of rotatable bonds is 6. The van der Waals surface area contributed by atoms with Crippen LogP contribution in [0.3, 0.4) is 0 Å². The lowest BCUT2D eigenvalue weighted by Crippen LogP contribution is -2.20. The van der Waals surface area contributed by atoms with E-state index in [0.29, 0.717) is 6.42 Å². The molecular formula is C22H23N3O. The van der Waals surface area contributed by atoms with Crippen LogP contribution in [0.25, 0.3) is 10.9 Å². The lowest BCUT2D eigenvalue weighted by molar-refractivity contribution is -0.120. The summed E-state index contributed by atoms with van der Waals surface area (Å²) in [5.74, 6) is -0.121. The first-order valence-electron chi connectivity index (χ1n) is 8.65. The average molecular weight is 345 g/mol. The fourth-order valence-electron chi connectivity index (χ4n) is 3.05. The molecule has 0 aliphatic rings. The van der Waals surface area contributed by atoms with Crippen molar-refractivity contribution in [3.63, 3.8) is 0 Å². The first-order valence-corrected chi connectivity index (χ1v) is 8.65. The van der Waals surface area contributed by atoms with Crippen molar-refractivity contribution >= 4 is 23.0 Å². The van der Waals surface area contributed by atoms with Crippen molar-refractivity contribution in [3.05, 3.63) is 83.6 Å². The van der Waals surface area contributed by atoms with Crippen molar-refractivity contribution in [2.24, 2.45) is 5.10 Å². The van der Waals surface area contributed by atoms with Crippen LogP contribution in [0.2, 0.25) is 0 Å². The highest BCUT2D eigenvalue weighted by atomic mass is 16.2. The second-order valence-electron chi connectivity index (χ2n) is 6.44. The summed E-state index contributed by atoms with van der Waals surface area (Å²) in [7, 11) is 0. The van der Waals surface area contributed by atoms with E-state index < -0.39 is 0 Å². The van der Waals surface area contributed by atoms with Gasteiger partial charge in [-0.25, -0.2) is 5.43 Å². The molecule has 0 spiro atoms. The third kappa shape index (κ3) is 3.91. The Bertz CT molecular complexity index is 982. The van der Waals surface area contributed by atoms with Gasteiger partial charge in [0.25, 0.3) is 0 Å². The van der Waals surface area contributed by atoms with E-state index >= 15 is 0 Å². The van der Waals surface area contributed by atoms with Gasteiger partial charge < -0.3 is 4.57 Å². The number of amides is 1. The van der Waals surface area contributed by atoms with Crippen LogP contribution in [-0.4, -0.2) is 16.7 Å². The Labute approximate surface area is 153 Å². The molecular weight excluding hydrogens is 322 g/mol. The third-order valence-corrected chi connectivity index (χ3v) is 4.39. The normalized spacial score (nSPS) is 11.2. The summed E-state index contributed by atoms with van der Waals surface area (Å²) in [6.07, 6.45) is 5.90. The summed E-state index contributed by atoms with van der Waals surface area (Å²) in [6.45, 7) is 8.57. The minimum absolute atomic E-state index is 0.121. The summed E-state index contributed by atoms with van der Waals surface area (Å²) in [6, 6.07) is 14.3. The maximum absolute atomic E-state index is 12.2. The monoisotopic (exact) mass is 345 g/mol. The van der Waals surface area contributed by atoms with Crippen LogP contribution in [0.5, 0.6) is 0 Å². The van der Waals surface area contributed by atoms with E-state index in [-0.39, 0.29) is 5.91 Å². The zero-order valence-electron chi connectivity index (χ0n) is 15.2. The highest BCUT2D eigenvalue weighted by Crippen LogP contribution is 2.20. The molecule has 1 amide bonds. The SMILES string of the molecule is C=CCn1cc(/C=N\NC(=O)Cc2cc(C)ccc2C)c2ccccc21. The largest absolute Gasteiger partial charge is 0.343 e. The summed E-state index contributed by atoms with van der Waals surface area (Å²) in [5, 5.41) is 5.25. The molecule has 0 fully saturated rings. The second-order valence-corrected chi connectivity index (χ2v) is 6.44. The van der Waals surface area contributed by atoms with Crippen molar-refractivity contribution in [2.75, 3.05) is 0 Å². The van der Waals surface area contributed by atoms with Crippen molar-refractivity contribution < 1.29 is 4.79 Å². The Hall–Kier alpha value is -3.14. The number of para-hydroxylation sites is 1. The van der Waals surface area contributed by atoms with Gasteiger partial charge in [0, 0.05) is 29.2 Å². The molecule has 26 heavy (non-hydrogen) atoms. The lowest BCUT2D eigenvalue weighted by atomic mass is 10.0. The standard InChI is InChI=1S/C22H23N3O/c1-4-11-25-15-19(20-7-5-6-8-21(20)25)14-23-24-22(26)13-18-12-16(2)9-10-17(18)3/h4-10,12,14-15H,1,11,13H2,2-3H3,(H,24,26)/b23-14-. The molecule has 3 rings (SSSR count). The van der Waals surface area contributed by atoms with Crippen LogP contribution >= 0.6 is 0 Å². The van der Waals surface area contributed by atoms with Crippen LogP contribution in [0.1, 0.15) is 22.3 Å². The molecule has 0 aliphatic carbocycles. The number of aromatic nitrogens is 1. The Balaban J connectivity index is 1.72. The zero-order valence-corrected chi connectivity index (χ0v) is 15.2. The quantitative estimate of drug-likeness (QED) is 0.407. The molecule has 0 unspecified atom stereocenters. The van der Waals surface area contributed by atoms with E-state index in [1.54, 1.807) is 6.21 Å². The molecule has 0 radical (unpaired) electrons. The molecule has 3 aromatic rings. The number of hydrogen-bond acceptors (Lipinski definition) is 2. The summed E-state index contributed by atoms with van der Waals surface area (Å²) >= 11 is 0. The van der Waals surface area contributed by atoms with Gasteiger partial charge in [-0.15, -0.1) is 6.58 Å². The topological polar surface area (TPSA) is 46.4 Å². The number of nitrogens with zero attached hydrogens (tertiary/aromatic N) is 2. The molecule has 4 heteroatoms.